The summed E-state index contributed by atoms with van der Waals surface area (Å²) in [7, 11) is 0. The van der Waals surface area contributed by atoms with Crippen LogP contribution in [0.1, 0.15) is 38.2 Å². The van der Waals surface area contributed by atoms with E-state index in [1.54, 1.807) is 5.92 Å². The molecule has 1 radical (unpaired) electrons. The molecule has 2 heteroatoms. The first-order valence-corrected chi connectivity index (χ1v) is 8.79. The highest BCUT2D eigenvalue weighted by atomic mass is 32.2. The van der Waals surface area contributed by atoms with Crippen LogP contribution in [-0.4, -0.2) is 11.5 Å². The van der Waals surface area contributed by atoms with Crippen LogP contribution in [0.25, 0.3) is 0 Å². The van der Waals surface area contributed by atoms with Crippen molar-refractivity contribution in [3.05, 3.63) is 53.7 Å². The summed E-state index contributed by atoms with van der Waals surface area (Å²) in [6.07, 6.45) is 10.6. The highest BCUT2D eigenvalue weighted by Crippen LogP contribution is 2.33. The molecule has 1 fully saturated rings. The van der Waals surface area contributed by atoms with Gasteiger partial charge in [0, 0.05) is 5.92 Å². The molecule has 0 aliphatic carbocycles. The van der Waals surface area contributed by atoms with E-state index in [2.05, 4.69) is 30.8 Å². The van der Waals surface area contributed by atoms with Crippen LogP contribution in [0.2, 0.25) is 0 Å². The molecular formula is C18H24FS. The quantitative estimate of drug-likeness (QED) is 0.672. The second-order valence-corrected chi connectivity index (χ2v) is 6.62. The van der Waals surface area contributed by atoms with Crippen molar-refractivity contribution in [2.75, 3.05) is 11.5 Å². The summed E-state index contributed by atoms with van der Waals surface area (Å²) < 4.78 is 12.9. The highest BCUT2D eigenvalue weighted by Gasteiger charge is 2.21. The Bertz CT molecular complexity index is 404. The zero-order valence-electron chi connectivity index (χ0n) is 12.3. The van der Waals surface area contributed by atoms with E-state index in [-0.39, 0.29) is 5.82 Å². The first-order chi connectivity index (χ1) is 9.79. The minimum Gasteiger partial charge on any atom is -0.207 e. The van der Waals surface area contributed by atoms with Crippen LogP contribution >= 0.6 is 11.8 Å². The molecule has 1 aromatic carbocycles. The fraction of sp³-hybridized carbons (Fsp3) is 0.500. The van der Waals surface area contributed by atoms with Gasteiger partial charge in [-0.3, -0.25) is 0 Å². The van der Waals surface area contributed by atoms with Gasteiger partial charge in [-0.05, 0) is 60.8 Å². The maximum atomic E-state index is 12.9. The Balaban J connectivity index is 1.89. The van der Waals surface area contributed by atoms with E-state index < -0.39 is 0 Å². The van der Waals surface area contributed by atoms with E-state index in [4.69, 9.17) is 0 Å². The lowest BCUT2D eigenvalue weighted by Crippen LogP contribution is -2.17. The average Bonchev–Trinajstić information content (AvgIpc) is 2.49. The summed E-state index contributed by atoms with van der Waals surface area (Å²) in [6, 6.07) is 6.82. The molecular weight excluding hydrogens is 267 g/mol. The molecule has 1 heterocycles. The Morgan fingerprint density at radius 2 is 2.15 bits per heavy atom. The molecule has 0 nitrogen and oxygen atoms in total. The molecule has 1 aromatic rings. The van der Waals surface area contributed by atoms with Gasteiger partial charge in [0.1, 0.15) is 5.82 Å². The molecule has 1 aliphatic heterocycles. The van der Waals surface area contributed by atoms with Crippen LogP contribution in [0, 0.1) is 17.7 Å². The average molecular weight is 291 g/mol. The van der Waals surface area contributed by atoms with E-state index in [9.17, 15) is 4.39 Å². The van der Waals surface area contributed by atoms with Crippen LogP contribution in [0.3, 0.4) is 0 Å². The number of hydrogen-bond donors (Lipinski definition) is 0. The van der Waals surface area contributed by atoms with Gasteiger partial charge in [-0.1, -0.05) is 37.6 Å². The van der Waals surface area contributed by atoms with Crippen molar-refractivity contribution in [3.8, 4) is 0 Å². The number of benzene rings is 1. The van der Waals surface area contributed by atoms with Crippen LogP contribution in [-0.2, 0) is 6.42 Å². The van der Waals surface area contributed by atoms with Crippen LogP contribution in [0.4, 0.5) is 4.39 Å². The summed E-state index contributed by atoms with van der Waals surface area (Å²) in [4.78, 5) is 0. The first-order valence-electron chi connectivity index (χ1n) is 7.64. The summed E-state index contributed by atoms with van der Waals surface area (Å²) in [5.41, 5.74) is 1.18. The molecule has 2 rings (SSSR count). The Morgan fingerprint density at radius 3 is 2.80 bits per heavy atom. The van der Waals surface area contributed by atoms with Crippen molar-refractivity contribution in [2.45, 2.75) is 39.0 Å². The Kier molecular flexibility index (Phi) is 6.65. The molecule has 0 aromatic heterocycles. The summed E-state index contributed by atoms with van der Waals surface area (Å²) in [6.45, 7) is 2.25. The third kappa shape index (κ3) is 4.97. The van der Waals surface area contributed by atoms with Gasteiger partial charge < -0.3 is 0 Å². The van der Waals surface area contributed by atoms with E-state index in [0.717, 1.165) is 12.3 Å². The Labute approximate surface area is 126 Å². The smallest absolute Gasteiger partial charge is 0.123 e. The molecule has 1 saturated heterocycles. The van der Waals surface area contributed by atoms with Crippen molar-refractivity contribution in [2.24, 2.45) is 5.92 Å². The molecule has 0 N–H and O–H groups in total. The van der Waals surface area contributed by atoms with E-state index in [0.29, 0.717) is 0 Å². The second-order valence-electron chi connectivity index (χ2n) is 5.47. The van der Waals surface area contributed by atoms with Gasteiger partial charge in [-0.15, -0.1) is 0 Å². The molecule has 0 spiro atoms. The SMILES string of the molecule is CCC[C](C=CCc1ccc(F)cc1)C1CCCSC1. The zero-order valence-corrected chi connectivity index (χ0v) is 13.1. The van der Waals surface area contributed by atoms with Crippen molar-refractivity contribution in [1.82, 2.24) is 0 Å². The monoisotopic (exact) mass is 291 g/mol. The third-order valence-electron chi connectivity index (χ3n) is 3.82. The lowest BCUT2D eigenvalue weighted by atomic mass is 9.86. The maximum absolute atomic E-state index is 12.9. The van der Waals surface area contributed by atoms with Gasteiger partial charge in [-0.2, -0.15) is 11.8 Å². The highest BCUT2D eigenvalue weighted by molar-refractivity contribution is 7.99. The standard InChI is InChI=1S/C18H24FS/c1-2-5-16(17-8-4-13-20-14-17)7-3-6-15-9-11-18(19)12-10-15/h3,7,9-12,17H,2,4-6,8,13-14H2,1H3. The van der Waals surface area contributed by atoms with Crippen LogP contribution in [0.15, 0.2) is 36.4 Å². The molecule has 0 saturated carbocycles. The summed E-state index contributed by atoms with van der Waals surface area (Å²) in [5.74, 6) is 4.85. The van der Waals surface area contributed by atoms with Crippen molar-refractivity contribution >= 4 is 11.8 Å². The molecule has 0 bridgehead atoms. The van der Waals surface area contributed by atoms with Crippen molar-refractivity contribution < 1.29 is 4.39 Å². The number of halogens is 1. The van der Waals surface area contributed by atoms with Crippen LogP contribution < -0.4 is 0 Å². The summed E-state index contributed by atoms with van der Waals surface area (Å²) >= 11 is 2.09. The minimum atomic E-state index is -0.157. The lowest BCUT2D eigenvalue weighted by molar-refractivity contribution is 0.526. The summed E-state index contributed by atoms with van der Waals surface area (Å²) in [5, 5.41) is 0. The van der Waals surface area contributed by atoms with E-state index in [1.165, 1.54) is 54.9 Å². The van der Waals surface area contributed by atoms with Gasteiger partial charge >= 0.3 is 0 Å². The molecule has 1 aliphatic rings. The fourth-order valence-corrected chi connectivity index (χ4v) is 3.91. The third-order valence-corrected chi connectivity index (χ3v) is 5.04. The lowest BCUT2D eigenvalue weighted by Gasteiger charge is -2.27. The van der Waals surface area contributed by atoms with Crippen molar-refractivity contribution in [1.29, 1.82) is 0 Å². The van der Waals surface area contributed by atoms with Crippen molar-refractivity contribution in [3.63, 3.8) is 0 Å². The fourth-order valence-electron chi connectivity index (χ4n) is 2.71. The first kappa shape index (κ1) is 15.6. The van der Waals surface area contributed by atoms with Gasteiger partial charge in [0.25, 0.3) is 0 Å². The maximum Gasteiger partial charge on any atom is 0.123 e. The van der Waals surface area contributed by atoms with Gasteiger partial charge in [0.05, 0.1) is 0 Å². The largest absolute Gasteiger partial charge is 0.207 e. The minimum absolute atomic E-state index is 0.157. The second kappa shape index (κ2) is 8.51. The predicted octanol–water partition coefficient (Wildman–Crippen LogP) is 5.44. The number of allylic oxidation sites excluding steroid dienone is 2. The number of rotatable bonds is 6. The number of hydrogen-bond acceptors (Lipinski definition) is 1. The van der Waals surface area contributed by atoms with Gasteiger partial charge in [0.2, 0.25) is 0 Å². The molecule has 1 atom stereocenters. The van der Waals surface area contributed by atoms with Gasteiger partial charge in [0.15, 0.2) is 0 Å². The Morgan fingerprint density at radius 1 is 1.35 bits per heavy atom. The molecule has 0 amide bonds. The number of thioether (sulfide) groups is 1. The molecule has 20 heavy (non-hydrogen) atoms. The van der Waals surface area contributed by atoms with E-state index in [1.807, 2.05) is 12.1 Å². The predicted molar refractivity (Wildman–Crippen MR) is 87.4 cm³/mol. The van der Waals surface area contributed by atoms with Crippen LogP contribution in [0.5, 0.6) is 0 Å². The molecule has 109 valence electrons. The van der Waals surface area contributed by atoms with E-state index >= 15 is 0 Å². The Hall–Kier alpha value is -0.760. The normalized spacial score (nSPS) is 19.9. The van der Waals surface area contributed by atoms with Gasteiger partial charge in [-0.25, -0.2) is 4.39 Å². The topological polar surface area (TPSA) is 0 Å². The molecule has 1 unspecified atom stereocenters. The zero-order chi connectivity index (χ0) is 14.2.